The lowest BCUT2D eigenvalue weighted by atomic mass is 9.87. The van der Waals surface area contributed by atoms with Crippen molar-refractivity contribution in [2.45, 2.75) is 12.7 Å². The molecule has 1 aliphatic rings. The number of para-hydroxylation sites is 1. The van der Waals surface area contributed by atoms with Gasteiger partial charge in [0.25, 0.3) is 0 Å². The van der Waals surface area contributed by atoms with E-state index in [1.165, 1.54) is 30.3 Å². The average Bonchev–Trinajstić information content (AvgIpc) is 2.63. The molecule has 3 rings (SSSR count). The van der Waals surface area contributed by atoms with Crippen LogP contribution in [0.5, 0.6) is 5.75 Å². The van der Waals surface area contributed by atoms with Crippen molar-refractivity contribution in [3.8, 4) is 5.75 Å². The molecule has 0 unspecified atom stereocenters. The van der Waals surface area contributed by atoms with Crippen molar-refractivity contribution in [2.75, 3.05) is 5.32 Å². The second-order valence-corrected chi connectivity index (χ2v) is 6.40. The van der Waals surface area contributed by atoms with Gasteiger partial charge in [-0.1, -0.05) is 24.8 Å². The van der Waals surface area contributed by atoms with Crippen LogP contribution in [0.3, 0.4) is 0 Å². The lowest BCUT2D eigenvalue weighted by Gasteiger charge is -2.36. The maximum atomic E-state index is 13.1. The van der Waals surface area contributed by atoms with Crippen LogP contribution >= 0.6 is 12.2 Å². The van der Waals surface area contributed by atoms with Crippen LogP contribution in [0, 0.1) is 11.7 Å². The number of anilines is 1. The molecule has 0 spiro atoms. The summed E-state index contributed by atoms with van der Waals surface area (Å²) in [5.74, 6) is -1.90. The Bertz CT molecular complexity index is 906. The quantitative estimate of drug-likeness (QED) is 0.660. The van der Waals surface area contributed by atoms with Crippen LogP contribution in [0.4, 0.5) is 18.9 Å². The van der Waals surface area contributed by atoms with Crippen LogP contribution in [0.25, 0.3) is 0 Å². The maximum absolute atomic E-state index is 13.1. The van der Waals surface area contributed by atoms with Gasteiger partial charge in [-0.25, -0.2) is 4.39 Å². The number of thiocarbonyl (C=S) groups is 1. The fraction of sp³-hybridized carbons (Fsp3) is 0.158. The molecule has 5 nitrogen and oxygen atoms in total. The molecule has 1 amide bonds. The molecule has 28 heavy (non-hydrogen) atoms. The molecule has 1 saturated heterocycles. The van der Waals surface area contributed by atoms with Crippen molar-refractivity contribution < 1.29 is 22.7 Å². The number of hydrogen-bond donors (Lipinski definition) is 3. The van der Waals surface area contributed by atoms with Gasteiger partial charge in [-0.3, -0.25) is 4.79 Å². The summed E-state index contributed by atoms with van der Waals surface area (Å²) in [4.78, 5) is 12.9. The lowest BCUT2D eigenvalue weighted by molar-refractivity contribution is -0.119. The molecular formula is C19H16F3N3O2S. The fourth-order valence-corrected chi connectivity index (χ4v) is 3.20. The second-order valence-electron chi connectivity index (χ2n) is 5.99. The first-order chi connectivity index (χ1) is 13.3. The topological polar surface area (TPSA) is 62.4 Å². The zero-order chi connectivity index (χ0) is 20.3. The largest absolute Gasteiger partial charge is 0.434 e. The van der Waals surface area contributed by atoms with Crippen molar-refractivity contribution in [3.05, 3.63) is 72.2 Å². The molecule has 3 N–H and O–H groups in total. The van der Waals surface area contributed by atoms with Gasteiger partial charge in [0.1, 0.15) is 17.5 Å². The highest BCUT2D eigenvalue weighted by molar-refractivity contribution is 7.80. The van der Waals surface area contributed by atoms with E-state index in [0.29, 0.717) is 16.9 Å². The Labute approximate surface area is 164 Å². The first-order valence-corrected chi connectivity index (χ1v) is 8.62. The summed E-state index contributed by atoms with van der Waals surface area (Å²) in [6, 6.07) is 10.6. The Morgan fingerprint density at radius 2 is 1.86 bits per heavy atom. The molecule has 1 fully saturated rings. The van der Waals surface area contributed by atoms with Crippen molar-refractivity contribution in [3.63, 3.8) is 0 Å². The molecule has 1 aliphatic heterocycles. The predicted octanol–water partition coefficient (Wildman–Crippen LogP) is 3.71. The van der Waals surface area contributed by atoms with E-state index in [1.54, 1.807) is 18.2 Å². The van der Waals surface area contributed by atoms with Gasteiger partial charge in [0.05, 0.1) is 6.04 Å². The number of benzene rings is 2. The van der Waals surface area contributed by atoms with E-state index >= 15 is 0 Å². The highest BCUT2D eigenvalue weighted by Crippen LogP contribution is 2.36. The van der Waals surface area contributed by atoms with Crippen LogP contribution < -0.4 is 20.7 Å². The fourth-order valence-electron chi connectivity index (χ4n) is 2.95. The predicted molar refractivity (Wildman–Crippen MR) is 102 cm³/mol. The first kappa shape index (κ1) is 19.7. The molecule has 0 bridgehead atoms. The Morgan fingerprint density at radius 3 is 2.54 bits per heavy atom. The molecule has 146 valence electrons. The molecule has 0 aliphatic carbocycles. The minimum absolute atomic E-state index is 0.0768. The molecular weight excluding hydrogens is 391 g/mol. The van der Waals surface area contributed by atoms with Gasteiger partial charge < -0.3 is 20.7 Å². The van der Waals surface area contributed by atoms with E-state index in [-0.39, 0.29) is 10.9 Å². The standard InChI is InChI=1S/C19H16F3N3O2S/c1-10-15(17(26)24-12-8-6-11(20)7-9-12)16(25-19(28)23-10)13-4-2-3-5-14(13)27-18(21)22/h2-9,15-16,18H,1H2,(H,24,26)(H2,23,25,28)/t15-,16+/m0/s1. The van der Waals surface area contributed by atoms with Gasteiger partial charge in [-0.2, -0.15) is 8.78 Å². The first-order valence-electron chi connectivity index (χ1n) is 8.21. The number of carbonyl (C=O) groups is 1. The number of ether oxygens (including phenoxy) is 1. The van der Waals surface area contributed by atoms with Gasteiger partial charge in [-0.15, -0.1) is 0 Å². The van der Waals surface area contributed by atoms with Gasteiger partial charge in [0.2, 0.25) is 5.91 Å². The number of carbonyl (C=O) groups excluding carboxylic acids is 1. The Balaban J connectivity index is 1.93. The number of alkyl halides is 2. The highest BCUT2D eigenvalue weighted by atomic mass is 32.1. The van der Waals surface area contributed by atoms with Crippen LogP contribution in [-0.2, 0) is 4.79 Å². The smallest absolute Gasteiger partial charge is 0.387 e. The molecule has 2 aromatic rings. The van der Waals surface area contributed by atoms with Crippen LogP contribution in [0.1, 0.15) is 11.6 Å². The zero-order valence-electron chi connectivity index (χ0n) is 14.4. The molecule has 9 heteroatoms. The number of hydrogen-bond acceptors (Lipinski definition) is 3. The summed E-state index contributed by atoms with van der Waals surface area (Å²) in [5, 5.41) is 8.56. The summed E-state index contributed by atoms with van der Waals surface area (Å²) in [6.07, 6.45) is 0. The van der Waals surface area contributed by atoms with E-state index in [4.69, 9.17) is 12.2 Å². The number of halogens is 3. The molecule has 0 saturated carbocycles. The Hall–Kier alpha value is -3.07. The summed E-state index contributed by atoms with van der Waals surface area (Å²) >= 11 is 5.13. The van der Waals surface area contributed by atoms with Gasteiger partial charge in [0.15, 0.2) is 5.11 Å². The summed E-state index contributed by atoms with van der Waals surface area (Å²) in [7, 11) is 0. The van der Waals surface area contributed by atoms with E-state index in [9.17, 15) is 18.0 Å². The minimum atomic E-state index is -3.02. The Kier molecular flexibility index (Phi) is 5.84. The van der Waals surface area contributed by atoms with Gasteiger partial charge in [0, 0.05) is 16.9 Å². The van der Waals surface area contributed by atoms with E-state index in [0.717, 1.165) is 0 Å². The van der Waals surface area contributed by atoms with Crippen LogP contribution in [0.15, 0.2) is 60.8 Å². The minimum Gasteiger partial charge on any atom is -0.434 e. The van der Waals surface area contributed by atoms with Crippen molar-refractivity contribution in [1.82, 2.24) is 10.6 Å². The van der Waals surface area contributed by atoms with Crippen LogP contribution in [0.2, 0.25) is 0 Å². The third-order valence-corrected chi connectivity index (χ3v) is 4.35. The number of nitrogens with one attached hydrogen (secondary N) is 3. The van der Waals surface area contributed by atoms with Crippen molar-refractivity contribution in [1.29, 1.82) is 0 Å². The highest BCUT2D eigenvalue weighted by Gasteiger charge is 2.38. The van der Waals surface area contributed by atoms with Gasteiger partial charge >= 0.3 is 6.61 Å². The van der Waals surface area contributed by atoms with Gasteiger partial charge in [-0.05, 0) is 42.5 Å². The summed E-state index contributed by atoms with van der Waals surface area (Å²) in [6.45, 7) is 0.817. The van der Waals surface area contributed by atoms with E-state index in [1.807, 2.05) is 0 Å². The third kappa shape index (κ3) is 4.42. The zero-order valence-corrected chi connectivity index (χ0v) is 15.2. The molecule has 1 heterocycles. The average molecular weight is 407 g/mol. The summed E-state index contributed by atoms with van der Waals surface area (Å²) in [5.41, 5.74) is 0.996. The van der Waals surface area contributed by atoms with Crippen molar-refractivity contribution in [2.24, 2.45) is 5.92 Å². The normalized spacial score (nSPS) is 19.0. The molecule has 0 radical (unpaired) electrons. The number of rotatable bonds is 5. The maximum Gasteiger partial charge on any atom is 0.387 e. The monoisotopic (exact) mass is 407 g/mol. The Morgan fingerprint density at radius 1 is 1.18 bits per heavy atom. The molecule has 2 aromatic carbocycles. The van der Waals surface area contributed by atoms with E-state index in [2.05, 4.69) is 27.3 Å². The lowest BCUT2D eigenvalue weighted by Crippen LogP contribution is -2.51. The third-order valence-electron chi connectivity index (χ3n) is 4.13. The SMILES string of the molecule is C=C1NC(=S)N[C@H](c2ccccc2OC(F)F)[C@H]1C(=O)Nc1ccc(F)cc1. The van der Waals surface area contributed by atoms with E-state index < -0.39 is 30.3 Å². The number of amides is 1. The summed E-state index contributed by atoms with van der Waals surface area (Å²) < 4.78 is 43.2. The molecule has 2 atom stereocenters. The van der Waals surface area contributed by atoms with Crippen LogP contribution in [-0.4, -0.2) is 17.6 Å². The second kappa shape index (κ2) is 8.30. The van der Waals surface area contributed by atoms with Crippen molar-refractivity contribution >= 4 is 28.9 Å². The molecule has 0 aromatic heterocycles.